The molecule has 0 bridgehead atoms. The average molecular weight is 356 g/mol. The van der Waals surface area contributed by atoms with E-state index in [-0.39, 0.29) is 0 Å². The first-order valence-electron chi connectivity index (χ1n) is 9.48. The summed E-state index contributed by atoms with van der Waals surface area (Å²) in [6.45, 7) is 2.86. The molecule has 25 heavy (non-hydrogen) atoms. The van der Waals surface area contributed by atoms with Crippen molar-refractivity contribution in [2.45, 2.75) is 76.5 Å². The minimum absolute atomic E-state index is 0.304. The molecule has 0 aliphatic heterocycles. The van der Waals surface area contributed by atoms with E-state index < -0.39 is 12.0 Å². The van der Waals surface area contributed by atoms with Crippen molar-refractivity contribution in [3.8, 4) is 0 Å². The molecule has 140 valence electrons. The van der Waals surface area contributed by atoms with Crippen LogP contribution in [0.1, 0.15) is 75.6 Å². The second-order valence-electron chi connectivity index (χ2n) is 7.44. The molecule has 0 saturated heterocycles. The molecule has 0 unspecified atom stereocenters. The van der Waals surface area contributed by atoms with Gasteiger partial charge < -0.3 is 4.74 Å². The normalized spacial score (nSPS) is 31.0. The lowest BCUT2D eigenvalue weighted by Gasteiger charge is -2.37. The van der Waals surface area contributed by atoms with E-state index in [0.29, 0.717) is 12.0 Å². The molecule has 3 nitrogen and oxygen atoms in total. The average Bonchev–Trinajstić information content (AvgIpc) is 2.62. The Morgan fingerprint density at radius 2 is 1.44 bits per heavy atom. The number of nitrogens with zero attached hydrogens (tertiary/aromatic N) is 2. The number of hydrogen-bond acceptors (Lipinski definition) is 3. The molecule has 2 saturated carbocycles. The van der Waals surface area contributed by atoms with Gasteiger partial charge >= 0.3 is 6.18 Å². The second kappa shape index (κ2) is 8.02. The van der Waals surface area contributed by atoms with Crippen LogP contribution in [-0.2, 0) is 10.9 Å². The van der Waals surface area contributed by atoms with Crippen molar-refractivity contribution in [2.24, 2.45) is 11.8 Å². The van der Waals surface area contributed by atoms with E-state index in [9.17, 15) is 13.2 Å². The van der Waals surface area contributed by atoms with Gasteiger partial charge in [0.05, 0.1) is 6.10 Å². The van der Waals surface area contributed by atoms with Crippen LogP contribution in [0.5, 0.6) is 0 Å². The van der Waals surface area contributed by atoms with Crippen molar-refractivity contribution in [3.05, 3.63) is 23.8 Å². The molecule has 2 aliphatic rings. The first kappa shape index (κ1) is 18.6. The Hall–Kier alpha value is -1.17. The third-order valence-electron chi connectivity index (χ3n) is 5.96. The molecule has 0 amide bonds. The zero-order valence-corrected chi connectivity index (χ0v) is 14.8. The second-order valence-corrected chi connectivity index (χ2v) is 7.44. The van der Waals surface area contributed by atoms with Crippen LogP contribution in [0, 0.1) is 11.8 Å². The highest BCUT2D eigenvalue weighted by Crippen LogP contribution is 2.43. The zero-order chi connectivity index (χ0) is 17.9. The molecule has 0 radical (unpaired) electrons. The van der Waals surface area contributed by atoms with Gasteiger partial charge in [-0.1, -0.05) is 0 Å². The smallest absolute Gasteiger partial charge is 0.379 e. The van der Waals surface area contributed by atoms with Gasteiger partial charge in [-0.15, -0.1) is 0 Å². The highest BCUT2D eigenvalue weighted by molar-refractivity contribution is 5.13. The predicted octanol–water partition coefficient (Wildman–Crippen LogP) is 5.36. The summed E-state index contributed by atoms with van der Waals surface area (Å²) in [6, 6.07) is 0. The maximum atomic E-state index is 12.6. The Labute approximate surface area is 147 Å². The summed E-state index contributed by atoms with van der Waals surface area (Å²) in [5.74, 6) is 0.810. The number of rotatable bonds is 4. The molecule has 2 fully saturated rings. The molecule has 2 aliphatic carbocycles. The van der Waals surface area contributed by atoms with Crippen molar-refractivity contribution in [1.29, 1.82) is 0 Å². The van der Waals surface area contributed by atoms with Gasteiger partial charge in [0.15, 0.2) is 0 Å². The number of aromatic nitrogens is 2. The number of hydrogen-bond donors (Lipinski definition) is 0. The van der Waals surface area contributed by atoms with Crippen LogP contribution in [-0.4, -0.2) is 22.7 Å². The fraction of sp³-hybridized carbons (Fsp3) is 0.789. The SMILES string of the molecule is CCOC1CCC(C2CCC(c3cnc(C(F)(F)F)nc3)CC2)CC1. The van der Waals surface area contributed by atoms with E-state index in [4.69, 9.17) is 4.74 Å². The summed E-state index contributed by atoms with van der Waals surface area (Å²) in [4.78, 5) is 7.02. The van der Waals surface area contributed by atoms with Crippen LogP contribution >= 0.6 is 0 Å². The molecule has 3 rings (SSSR count). The lowest BCUT2D eigenvalue weighted by Crippen LogP contribution is -2.28. The fourth-order valence-electron chi connectivity index (χ4n) is 4.58. The maximum Gasteiger partial charge on any atom is 0.451 e. The van der Waals surface area contributed by atoms with Crippen molar-refractivity contribution in [3.63, 3.8) is 0 Å². The lowest BCUT2D eigenvalue weighted by molar-refractivity contribution is -0.145. The van der Waals surface area contributed by atoms with E-state index in [2.05, 4.69) is 16.9 Å². The van der Waals surface area contributed by atoms with Gasteiger partial charge in [-0.2, -0.15) is 13.2 Å². The molecule has 0 aromatic carbocycles. The molecule has 1 aromatic heterocycles. The van der Waals surface area contributed by atoms with Crippen LogP contribution < -0.4 is 0 Å². The summed E-state index contributed by atoms with van der Waals surface area (Å²) in [7, 11) is 0. The van der Waals surface area contributed by atoms with Gasteiger partial charge in [-0.05, 0) is 81.6 Å². The molecular weight excluding hydrogens is 329 g/mol. The van der Waals surface area contributed by atoms with Crippen molar-refractivity contribution in [1.82, 2.24) is 9.97 Å². The Kier molecular flexibility index (Phi) is 5.97. The standard InChI is InChI=1S/C19H27F3N2O/c1-2-25-17-9-7-14(8-10-17)13-3-5-15(6-4-13)16-11-23-18(24-12-16)19(20,21)22/h11-15,17H,2-10H2,1H3. The van der Waals surface area contributed by atoms with Crippen LogP contribution in [0.25, 0.3) is 0 Å². The van der Waals surface area contributed by atoms with E-state index in [1.807, 2.05) is 0 Å². The van der Waals surface area contributed by atoms with Crippen LogP contribution in [0.2, 0.25) is 0 Å². The third-order valence-corrected chi connectivity index (χ3v) is 5.96. The Bertz CT molecular complexity index is 531. The molecule has 0 atom stereocenters. The maximum absolute atomic E-state index is 12.6. The van der Waals surface area contributed by atoms with Gasteiger partial charge in [0, 0.05) is 19.0 Å². The summed E-state index contributed by atoms with van der Waals surface area (Å²) in [5.41, 5.74) is 0.853. The monoisotopic (exact) mass is 356 g/mol. The highest BCUT2D eigenvalue weighted by Gasteiger charge is 2.35. The first-order valence-corrected chi connectivity index (χ1v) is 9.48. The third kappa shape index (κ3) is 4.72. The van der Waals surface area contributed by atoms with E-state index in [1.165, 1.54) is 38.1 Å². The molecular formula is C19H27F3N2O. The number of alkyl halides is 3. The quantitative estimate of drug-likeness (QED) is 0.728. The van der Waals surface area contributed by atoms with E-state index in [0.717, 1.165) is 49.7 Å². The van der Waals surface area contributed by atoms with Gasteiger partial charge in [0.2, 0.25) is 5.82 Å². The molecule has 0 N–H and O–H groups in total. The first-order chi connectivity index (χ1) is 12.0. The van der Waals surface area contributed by atoms with E-state index in [1.54, 1.807) is 0 Å². The Morgan fingerprint density at radius 1 is 0.920 bits per heavy atom. The number of halogens is 3. The van der Waals surface area contributed by atoms with Gasteiger partial charge in [-0.3, -0.25) is 0 Å². The predicted molar refractivity (Wildman–Crippen MR) is 89.1 cm³/mol. The summed E-state index contributed by atoms with van der Waals surface area (Å²) in [5, 5.41) is 0. The van der Waals surface area contributed by atoms with Gasteiger partial charge in [0.1, 0.15) is 0 Å². The summed E-state index contributed by atoms with van der Waals surface area (Å²) in [6.07, 6.45) is 7.96. The highest BCUT2D eigenvalue weighted by atomic mass is 19.4. The van der Waals surface area contributed by atoms with Gasteiger partial charge in [-0.25, -0.2) is 9.97 Å². The van der Waals surface area contributed by atoms with Crippen LogP contribution in [0.15, 0.2) is 12.4 Å². The van der Waals surface area contributed by atoms with Crippen LogP contribution in [0.4, 0.5) is 13.2 Å². The number of ether oxygens (including phenoxy) is 1. The van der Waals surface area contributed by atoms with Crippen molar-refractivity contribution in [2.75, 3.05) is 6.61 Å². The molecule has 0 spiro atoms. The Morgan fingerprint density at radius 3 is 1.92 bits per heavy atom. The Balaban J connectivity index is 1.49. The van der Waals surface area contributed by atoms with Crippen LogP contribution in [0.3, 0.4) is 0 Å². The molecule has 6 heteroatoms. The summed E-state index contributed by atoms with van der Waals surface area (Å²) < 4.78 is 43.4. The van der Waals surface area contributed by atoms with Crippen molar-refractivity contribution < 1.29 is 17.9 Å². The summed E-state index contributed by atoms with van der Waals surface area (Å²) >= 11 is 0. The minimum atomic E-state index is -4.46. The lowest BCUT2D eigenvalue weighted by atomic mass is 9.70. The zero-order valence-electron chi connectivity index (χ0n) is 14.8. The van der Waals surface area contributed by atoms with Gasteiger partial charge in [0.25, 0.3) is 0 Å². The minimum Gasteiger partial charge on any atom is -0.379 e. The molecule has 1 aromatic rings. The molecule has 1 heterocycles. The van der Waals surface area contributed by atoms with Crippen molar-refractivity contribution >= 4 is 0 Å². The topological polar surface area (TPSA) is 35.0 Å². The van der Waals surface area contributed by atoms with E-state index >= 15 is 0 Å². The fourth-order valence-corrected chi connectivity index (χ4v) is 4.58. The largest absolute Gasteiger partial charge is 0.451 e.